The average molecular weight is 480 g/mol. The number of urea groups is 1. The normalized spacial score (nSPS) is 15.3. The van der Waals surface area contributed by atoms with Gasteiger partial charge < -0.3 is 33.7 Å². The summed E-state index contributed by atoms with van der Waals surface area (Å²) >= 11 is 0. The van der Waals surface area contributed by atoms with Crippen LogP contribution in [0.15, 0.2) is 74.7 Å². The molecule has 0 aliphatic carbocycles. The van der Waals surface area contributed by atoms with Gasteiger partial charge in [-0.05, 0) is 50.2 Å². The van der Waals surface area contributed by atoms with Gasteiger partial charge in [0.25, 0.3) is 0 Å². The Morgan fingerprint density at radius 3 is 2.46 bits per heavy atom. The van der Waals surface area contributed by atoms with Crippen LogP contribution in [0.2, 0.25) is 0 Å². The fraction of sp³-hybridized carbons (Fsp3) is 0.240. The van der Waals surface area contributed by atoms with E-state index in [1.54, 1.807) is 44.2 Å². The van der Waals surface area contributed by atoms with Crippen LogP contribution in [0.5, 0.6) is 5.75 Å². The second kappa shape index (κ2) is 10.6. The van der Waals surface area contributed by atoms with Gasteiger partial charge in [-0.3, -0.25) is 0 Å². The lowest BCUT2D eigenvalue weighted by atomic mass is 10.0. The zero-order valence-corrected chi connectivity index (χ0v) is 19.2. The van der Waals surface area contributed by atoms with Crippen LogP contribution in [0.3, 0.4) is 0 Å². The smallest absolute Gasteiger partial charge is 0.374 e. The molecule has 3 heterocycles. The second-order valence-electron chi connectivity index (χ2n) is 7.54. The van der Waals surface area contributed by atoms with Gasteiger partial charge in [0.05, 0.1) is 17.9 Å². The highest BCUT2D eigenvalue weighted by Crippen LogP contribution is 2.29. The van der Waals surface area contributed by atoms with Crippen molar-refractivity contribution in [2.24, 2.45) is 0 Å². The molecule has 1 aliphatic rings. The van der Waals surface area contributed by atoms with E-state index in [2.05, 4.69) is 10.6 Å². The van der Waals surface area contributed by atoms with Gasteiger partial charge in [-0.25, -0.2) is 14.4 Å². The molecule has 2 N–H and O–H groups in total. The third-order valence-electron chi connectivity index (χ3n) is 5.03. The Labute approximate surface area is 200 Å². The standard InChI is InChI=1S/C25H24N2O8/c1-3-31-24(29)21-18(26-25(30)27-22(21)19-11-9-15(2)34-19)14-33-23(28)20-12-10-17(35-20)13-32-16-7-5-4-6-8-16/h4-12,22H,3,13-14H2,1-2H3,(H2,26,27,30)/t22-/m1/s1. The molecule has 2 amide bonds. The van der Waals surface area contributed by atoms with Gasteiger partial charge in [0.2, 0.25) is 5.76 Å². The molecule has 0 bridgehead atoms. The summed E-state index contributed by atoms with van der Waals surface area (Å²) in [6.07, 6.45) is 0. The van der Waals surface area contributed by atoms with Crippen LogP contribution < -0.4 is 15.4 Å². The number of esters is 2. The molecule has 1 aromatic carbocycles. The second-order valence-corrected chi connectivity index (χ2v) is 7.54. The Kier molecular flexibility index (Phi) is 7.20. The lowest BCUT2D eigenvalue weighted by Crippen LogP contribution is -2.47. The molecule has 1 aliphatic heterocycles. The fourth-order valence-corrected chi connectivity index (χ4v) is 3.45. The molecule has 3 aromatic rings. The molecule has 182 valence electrons. The van der Waals surface area contributed by atoms with E-state index >= 15 is 0 Å². The quantitative estimate of drug-likeness (QED) is 0.443. The van der Waals surface area contributed by atoms with Crippen LogP contribution in [0.1, 0.15) is 40.8 Å². The Balaban J connectivity index is 1.48. The molecule has 2 aromatic heterocycles. The number of amides is 2. The Bertz CT molecular complexity index is 1240. The SMILES string of the molecule is CCOC(=O)C1=C(COC(=O)c2ccc(COc3ccccc3)o2)NC(=O)N[C@@H]1c1ccc(C)o1. The van der Waals surface area contributed by atoms with Crippen molar-refractivity contribution in [2.45, 2.75) is 26.5 Å². The van der Waals surface area contributed by atoms with Gasteiger partial charge >= 0.3 is 18.0 Å². The summed E-state index contributed by atoms with van der Waals surface area (Å²) in [5.74, 6) is 0.541. The zero-order valence-electron chi connectivity index (χ0n) is 19.2. The minimum atomic E-state index is -0.907. The summed E-state index contributed by atoms with van der Waals surface area (Å²) in [5.41, 5.74) is 0.156. The number of benzene rings is 1. The van der Waals surface area contributed by atoms with E-state index < -0.39 is 30.6 Å². The van der Waals surface area contributed by atoms with Crippen molar-refractivity contribution in [3.8, 4) is 5.75 Å². The van der Waals surface area contributed by atoms with Crippen LogP contribution in [0, 0.1) is 6.92 Å². The topological polar surface area (TPSA) is 129 Å². The number of hydrogen-bond donors (Lipinski definition) is 2. The largest absolute Gasteiger partial charge is 0.486 e. The maximum Gasteiger partial charge on any atom is 0.374 e. The molecule has 4 rings (SSSR count). The molecule has 10 heteroatoms. The number of carbonyl (C=O) groups is 3. The highest BCUT2D eigenvalue weighted by Gasteiger charge is 2.36. The highest BCUT2D eigenvalue weighted by atomic mass is 16.6. The Morgan fingerprint density at radius 1 is 0.943 bits per heavy atom. The van der Waals surface area contributed by atoms with Crippen molar-refractivity contribution in [3.63, 3.8) is 0 Å². The van der Waals surface area contributed by atoms with E-state index in [9.17, 15) is 14.4 Å². The predicted octanol–water partition coefficient (Wildman–Crippen LogP) is 3.79. The molecule has 0 saturated heterocycles. The first-order chi connectivity index (χ1) is 16.9. The number of rotatable bonds is 9. The van der Waals surface area contributed by atoms with E-state index in [1.165, 1.54) is 6.07 Å². The molecule has 0 saturated carbocycles. The van der Waals surface area contributed by atoms with Gasteiger partial charge in [0, 0.05) is 0 Å². The van der Waals surface area contributed by atoms with Crippen LogP contribution in [0.25, 0.3) is 0 Å². The molecule has 0 unspecified atom stereocenters. The summed E-state index contributed by atoms with van der Waals surface area (Å²) < 4.78 is 27.2. The molecular formula is C25H24N2O8. The van der Waals surface area contributed by atoms with Crippen molar-refractivity contribution in [3.05, 3.63) is 88.9 Å². The maximum absolute atomic E-state index is 12.7. The number of carbonyl (C=O) groups excluding carboxylic acids is 3. The third-order valence-corrected chi connectivity index (χ3v) is 5.03. The van der Waals surface area contributed by atoms with Crippen LogP contribution in [-0.2, 0) is 20.9 Å². The summed E-state index contributed by atoms with van der Waals surface area (Å²) in [7, 11) is 0. The number of furan rings is 2. The van der Waals surface area contributed by atoms with Gasteiger partial charge in [-0.15, -0.1) is 0 Å². The minimum Gasteiger partial charge on any atom is -0.486 e. The van der Waals surface area contributed by atoms with E-state index in [0.29, 0.717) is 23.0 Å². The number of para-hydroxylation sites is 1. The zero-order chi connectivity index (χ0) is 24.8. The van der Waals surface area contributed by atoms with Crippen molar-refractivity contribution < 1.29 is 37.4 Å². The molecule has 0 spiro atoms. The predicted molar refractivity (Wildman–Crippen MR) is 121 cm³/mol. The average Bonchev–Trinajstić information content (AvgIpc) is 3.51. The van der Waals surface area contributed by atoms with E-state index in [-0.39, 0.29) is 30.2 Å². The van der Waals surface area contributed by atoms with Crippen molar-refractivity contribution in [1.82, 2.24) is 10.6 Å². The first kappa shape index (κ1) is 23.7. The fourth-order valence-electron chi connectivity index (χ4n) is 3.45. The van der Waals surface area contributed by atoms with Crippen LogP contribution in [0.4, 0.5) is 4.79 Å². The van der Waals surface area contributed by atoms with Gasteiger partial charge in [0.15, 0.2) is 0 Å². The number of aryl methyl sites for hydroxylation is 1. The number of hydrogen-bond acceptors (Lipinski definition) is 8. The van der Waals surface area contributed by atoms with Gasteiger partial charge in [-0.1, -0.05) is 18.2 Å². The lowest BCUT2D eigenvalue weighted by molar-refractivity contribution is -0.139. The van der Waals surface area contributed by atoms with Gasteiger partial charge in [-0.2, -0.15) is 0 Å². The van der Waals surface area contributed by atoms with Gasteiger partial charge in [0.1, 0.15) is 42.3 Å². The molecule has 0 fully saturated rings. The first-order valence-corrected chi connectivity index (χ1v) is 10.9. The molecule has 0 radical (unpaired) electrons. The van der Waals surface area contributed by atoms with Crippen molar-refractivity contribution in [2.75, 3.05) is 13.2 Å². The molecule has 35 heavy (non-hydrogen) atoms. The third kappa shape index (κ3) is 5.72. The van der Waals surface area contributed by atoms with Crippen LogP contribution >= 0.6 is 0 Å². The number of ether oxygens (including phenoxy) is 3. The Hall–Kier alpha value is -4.47. The van der Waals surface area contributed by atoms with E-state index in [4.69, 9.17) is 23.0 Å². The maximum atomic E-state index is 12.7. The van der Waals surface area contributed by atoms with Crippen LogP contribution in [-0.4, -0.2) is 31.2 Å². The minimum absolute atomic E-state index is 0.0478. The lowest BCUT2D eigenvalue weighted by Gasteiger charge is -2.27. The molecular weight excluding hydrogens is 456 g/mol. The van der Waals surface area contributed by atoms with Crippen molar-refractivity contribution in [1.29, 1.82) is 0 Å². The summed E-state index contributed by atoms with van der Waals surface area (Å²) in [4.78, 5) is 37.6. The van der Waals surface area contributed by atoms with E-state index in [0.717, 1.165) is 0 Å². The summed E-state index contributed by atoms with van der Waals surface area (Å²) in [5, 5.41) is 5.16. The van der Waals surface area contributed by atoms with E-state index in [1.807, 2.05) is 18.2 Å². The number of nitrogens with one attached hydrogen (secondary N) is 2. The summed E-state index contributed by atoms with van der Waals surface area (Å²) in [6.45, 7) is 3.25. The first-order valence-electron chi connectivity index (χ1n) is 10.9. The molecule has 10 nitrogen and oxygen atoms in total. The Morgan fingerprint density at radius 2 is 1.74 bits per heavy atom. The summed E-state index contributed by atoms with van der Waals surface area (Å²) in [6, 6.07) is 14.1. The monoisotopic (exact) mass is 480 g/mol. The highest BCUT2D eigenvalue weighted by molar-refractivity contribution is 5.95. The molecule has 1 atom stereocenters. The van der Waals surface area contributed by atoms with Crippen molar-refractivity contribution >= 4 is 18.0 Å².